The monoisotopic (exact) mass is 201 g/mol. The molecule has 0 spiro atoms. The van der Waals surface area contributed by atoms with E-state index in [-0.39, 0.29) is 5.56 Å². The van der Waals surface area contributed by atoms with E-state index in [1.807, 2.05) is 0 Å². The van der Waals surface area contributed by atoms with Crippen LogP contribution in [0.15, 0.2) is 18.2 Å². The zero-order chi connectivity index (χ0) is 10.9. The fourth-order valence-corrected chi connectivity index (χ4v) is 1.16. The van der Waals surface area contributed by atoms with Gasteiger partial charge in [0, 0.05) is 5.56 Å². The molecule has 0 bridgehead atoms. The van der Waals surface area contributed by atoms with Gasteiger partial charge < -0.3 is 0 Å². The van der Waals surface area contributed by atoms with Crippen LogP contribution in [0.1, 0.15) is 16.7 Å². The summed E-state index contributed by atoms with van der Waals surface area (Å²) in [6, 6.07) is 4.69. The number of benzene rings is 1. The van der Waals surface area contributed by atoms with E-state index in [4.69, 9.17) is 5.41 Å². The second-order valence-corrected chi connectivity index (χ2v) is 3.19. The molecule has 0 aliphatic rings. The van der Waals surface area contributed by atoms with Crippen molar-refractivity contribution in [1.82, 2.24) is 0 Å². The Balaban J connectivity index is 3.19. The smallest absolute Gasteiger partial charge is 0.296 e. The lowest BCUT2D eigenvalue weighted by Gasteiger charge is -2.11. The minimum Gasteiger partial charge on any atom is -0.296 e. The van der Waals surface area contributed by atoms with Gasteiger partial charge in [-0.05, 0) is 25.5 Å². The number of alkyl halides is 3. The van der Waals surface area contributed by atoms with Crippen LogP contribution in [-0.2, 0) is 0 Å². The van der Waals surface area contributed by atoms with E-state index in [9.17, 15) is 13.2 Å². The summed E-state index contributed by atoms with van der Waals surface area (Å²) in [6.07, 6.45) is -4.57. The highest BCUT2D eigenvalue weighted by molar-refractivity contribution is 6.03. The second-order valence-electron chi connectivity index (χ2n) is 3.19. The van der Waals surface area contributed by atoms with Crippen molar-refractivity contribution in [3.05, 3.63) is 34.9 Å². The molecule has 0 unspecified atom stereocenters. The van der Waals surface area contributed by atoms with Gasteiger partial charge >= 0.3 is 6.18 Å². The van der Waals surface area contributed by atoms with Gasteiger partial charge in [-0.1, -0.05) is 17.7 Å². The topological polar surface area (TPSA) is 23.9 Å². The van der Waals surface area contributed by atoms with Gasteiger partial charge in [-0.15, -0.1) is 0 Å². The summed E-state index contributed by atoms with van der Waals surface area (Å²) in [6.45, 7) is 3.27. The Morgan fingerprint density at radius 1 is 1.21 bits per heavy atom. The third-order valence-electron chi connectivity index (χ3n) is 1.95. The number of hydrogen-bond acceptors (Lipinski definition) is 1. The Morgan fingerprint density at radius 3 is 2.29 bits per heavy atom. The van der Waals surface area contributed by atoms with Gasteiger partial charge in [0.25, 0.3) is 0 Å². The molecular formula is C10H10F3N. The third kappa shape index (κ3) is 2.13. The molecule has 1 aromatic carbocycles. The minimum atomic E-state index is -4.57. The first-order valence-corrected chi connectivity index (χ1v) is 4.05. The quantitative estimate of drug-likeness (QED) is 0.674. The minimum absolute atomic E-state index is 0.0440. The summed E-state index contributed by atoms with van der Waals surface area (Å²) >= 11 is 0. The Kier molecular flexibility index (Phi) is 2.64. The van der Waals surface area contributed by atoms with Gasteiger partial charge in [0.2, 0.25) is 0 Å². The fraction of sp³-hybridized carbons (Fsp3) is 0.300. The van der Waals surface area contributed by atoms with Crippen molar-refractivity contribution in [3.63, 3.8) is 0 Å². The lowest BCUT2D eigenvalue weighted by Crippen LogP contribution is -2.23. The maximum Gasteiger partial charge on any atom is 0.433 e. The van der Waals surface area contributed by atoms with E-state index >= 15 is 0 Å². The van der Waals surface area contributed by atoms with Gasteiger partial charge in [0.1, 0.15) is 5.71 Å². The SMILES string of the molecule is Cc1ccc(C)c(C(=N)C(F)(F)F)c1. The lowest BCUT2D eigenvalue weighted by atomic mass is 10.0. The maximum atomic E-state index is 12.2. The molecule has 0 saturated carbocycles. The normalized spacial score (nSPS) is 11.5. The molecule has 1 nitrogen and oxygen atoms in total. The average Bonchev–Trinajstić information content (AvgIpc) is 2.06. The summed E-state index contributed by atoms with van der Waals surface area (Å²) in [5.41, 5.74) is -0.131. The summed E-state index contributed by atoms with van der Waals surface area (Å²) in [5.74, 6) is 0. The van der Waals surface area contributed by atoms with Crippen LogP contribution in [0.25, 0.3) is 0 Å². The van der Waals surface area contributed by atoms with Crippen LogP contribution in [-0.4, -0.2) is 11.9 Å². The molecule has 0 fully saturated rings. The number of halogens is 3. The van der Waals surface area contributed by atoms with Gasteiger partial charge in [-0.3, -0.25) is 5.41 Å². The molecule has 0 aromatic heterocycles. The second kappa shape index (κ2) is 3.44. The Bertz CT molecular complexity index is 366. The first-order chi connectivity index (χ1) is 6.32. The van der Waals surface area contributed by atoms with E-state index in [0.29, 0.717) is 5.56 Å². The predicted octanol–water partition coefficient (Wildman–Crippen LogP) is 3.23. The molecule has 0 atom stereocenters. The standard InChI is InChI=1S/C10H10F3N/c1-6-3-4-7(2)8(5-6)9(14)10(11,12)13/h3-5,14H,1-2H3. The molecule has 14 heavy (non-hydrogen) atoms. The van der Waals surface area contributed by atoms with E-state index in [2.05, 4.69) is 0 Å². The largest absolute Gasteiger partial charge is 0.433 e. The molecule has 0 amide bonds. The summed E-state index contributed by atoms with van der Waals surface area (Å²) in [5, 5.41) is 6.99. The van der Waals surface area contributed by atoms with Crippen molar-refractivity contribution >= 4 is 5.71 Å². The van der Waals surface area contributed by atoms with Crippen LogP contribution < -0.4 is 0 Å². The van der Waals surface area contributed by atoms with Crippen molar-refractivity contribution in [2.45, 2.75) is 20.0 Å². The maximum absolute atomic E-state index is 12.2. The van der Waals surface area contributed by atoms with E-state index in [0.717, 1.165) is 5.56 Å². The molecule has 1 rings (SSSR count). The predicted molar refractivity (Wildman–Crippen MR) is 48.8 cm³/mol. The third-order valence-corrected chi connectivity index (χ3v) is 1.95. The zero-order valence-electron chi connectivity index (χ0n) is 7.87. The molecule has 76 valence electrons. The van der Waals surface area contributed by atoms with Crippen LogP contribution >= 0.6 is 0 Å². The fourth-order valence-electron chi connectivity index (χ4n) is 1.16. The Hall–Kier alpha value is -1.32. The highest BCUT2D eigenvalue weighted by Gasteiger charge is 2.35. The summed E-state index contributed by atoms with van der Waals surface area (Å²) < 4.78 is 36.7. The first kappa shape index (κ1) is 10.8. The van der Waals surface area contributed by atoms with Crippen molar-refractivity contribution in [2.75, 3.05) is 0 Å². The Labute approximate surface area is 80.1 Å². The van der Waals surface area contributed by atoms with Crippen molar-refractivity contribution in [2.24, 2.45) is 0 Å². The average molecular weight is 201 g/mol. The van der Waals surface area contributed by atoms with Gasteiger partial charge in [-0.2, -0.15) is 13.2 Å². The van der Waals surface area contributed by atoms with E-state index < -0.39 is 11.9 Å². The molecule has 1 aromatic rings. The van der Waals surface area contributed by atoms with E-state index in [1.54, 1.807) is 26.0 Å². The number of nitrogens with one attached hydrogen (secondary N) is 1. The number of rotatable bonds is 1. The molecule has 0 saturated heterocycles. The Morgan fingerprint density at radius 2 is 1.79 bits per heavy atom. The van der Waals surface area contributed by atoms with Crippen molar-refractivity contribution in [1.29, 1.82) is 5.41 Å². The number of aryl methyl sites for hydroxylation is 2. The van der Waals surface area contributed by atoms with Crippen LogP contribution in [0, 0.1) is 19.3 Å². The highest BCUT2D eigenvalue weighted by Crippen LogP contribution is 2.23. The molecule has 0 radical (unpaired) electrons. The van der Waals surface area contributed by atoms with Crippen LogP contribution in [0.3, 0.4) is 0 Å². The van der Waals surface area contributed by atoms with Gasteiger partial charge in [0.15, 0.2) is 0 Å². The molecular weight excluding hydrogens is 191 g/mol. The number of hydrogen-bond donors (Lipinski definition) is 1. The van der Waals surface area contributed by atoms with Gasteiger partial charge in [-0.25, -0.2) is 0 Å². The summed E-state index contributed by atoms with van der Waals surface area (Å²) in [4.78, 5) is 0. The molecule has 0 aliphatic heterocycles. The highest BCUT2D eigenvalue weighted by atomic mass is 19.4. The van der Waals surface area contributed by atoms with E-state index in [1.165, 1.54) is 6.07 Å². The zero-order valence-corrected chi connectivity index (χ0v) is 7.87. The molecule has 0 heterocycles. The van der Waals surface area contributed by atoms with Gasteiger partial charge in [0.05, 0.1) is 0 Å². The first-order valence-electron chi connectivity index (χ1n) is 4.05. The van der Waals surface area contributed by atoms with Crippen LogP contribution in [0.4, 0.5) is 13.2 Å². The molecule has 1 N–H and O–H groups in total. The molecule has 4 heteroatoms. The lowest BCUT2D eigenvalue weighted by molar-refractivity contribution is -0.0588. The van der Waals surface area contributed by atoms with Crippen LogP contribution in [0.2, 0.25) is 0 Å². The van der Waals surface area contributed by atoms with Crippen molar-refractivity contribution < 1.29 is 13.2 Å². The van der Waals surface area contributed by atoms with Crippen LogP contribution in [0.5, 0.6) is 0 Å². The van der Waals surface area contributed by atoms with Crippen molar-refractivity contribution in [3.8, 4) is 0 Å². The molecule has 0 aliphatic carbocycles. The summed E-state index contributed by atoms with van der Waals surface area (Å²) in [7, 11) is 0.